The van der Waals surface area contributed by atoms with Gasteiger partial charge in [0.2, 0.25) is 0 Å². The van der Waals surface area contributed by atoms with Gasteiger partial charge in [-0.2, -0.15) is 0 Å². The van der Waals surface area contributed by atoms with Gasteiger partial charge in [-0.1, -0.05) is 6.42 Å². The molecule has 2 fully saturated rings. The summed E-state index contributed by atoms with van der Waals surface area (Å²) in [5, 5.41) is 8.94. The van der Waals surface area contributed by atoms with E-state index in [0.29, 0.717) is 0 Å². The maximum absolute atomic E-state index is 10.9. The van der Waals surface area contributed by atoms with E-state index in [9.17, 15) is 4.79 Å². The number of methoxy groups -OCH3 is 2. The van der Waals surface area contributed by atoms with Crippen LogP contribution >= 0.6 is 0 Å². The van der Waals surface area contributed by atoms with E-state index in [2.05, 4.69) is 4.90 Å². The molecule has 2 rings (SSSR count). The molecule has 1 aliphatic heterocycles. The highest BCUT2D eigenvalue weighted by atomic mass is 16.7. The third-order valence-corrected chi connectivity index (χ3v) is 4.17. The molecule has 5 heteroatoms. The van der Waals surface area contributed by atoms with Gasteiger partial charge in [0.05, 0.1) is 19.5 Å². The van der Waals surface area contributed by atoms with E-state index in [4.69, 9.17) is 14.6 Å². The highest BCUT2D eigenvalue weighted by Gasteiger charge is 2.48. The van der Waals surface area contributed by atoms with E-state index >= 15 is 0 Å². The van der Waals surface area contributed by atoms with Crippen LogP contribution in [0.2, 0.25) is 0 Å². The van der Waals surface area contributed by atoms with E-state index in [0.717, 1.165) is 38.9 Å². The van der Waals surface area contributed by atoms with Crippen LogP contribution in [-0.2, 0) is 14.3 Å². The van der Waals surface area contributed by atoms with Gasteiger partial charge in [0.25, 0.3) is 0 Å². The minimum absolute atomic E-state index is 0.000520. The van der Waals surface area contributed by atoms with Gasteiger partial charge in [-0.15, -0.1) is 0 Å². The first-order valence-electron chi connectivity index (χ1n) is 6.08. The molecule has 0 spiro atoms. The van der Waals surface area contributed by atoms with Crippen LogP contribution in [0.1, 0.15) is 25.7 Å². The highest BCUT2D eigenvalue weighted by Crippen LogP contribution is 2.46. The molecule has 0 radical (unpaired) electrons. The number of aliphatic carboxylic acids is 1. The molecular weight excluding hydrogens is 222 g/mol. The molecule has 17 heavy (non-hydrogen) atoms. The molecule has 2 aliphatic rings. The summed E-state index contributed by atoms with van der Waals surface area (Å²) in [5.74, 6) is -1.15. The molecule has 0 aromatic heterocycles. The first-order valence-corrected chi connectivity index (χ1v) is 6.08. The minimum Gasteiger partial charge on any atom is -0.481 e. The van der Waals surface area contributed by atoms with Crippen LogP contribution in [0.5, 0.6) is 0 Å². The second-order valence-corrected chi connectivity index (χ2v) is 5.39. The second-order valence-electron chi connectivity index (χ2n) is 5.39. The van der Waals surface area contributed by atoms with Crippen molar-refractivity contribution in [3.63, 3.8) is 0 Å². The molecule has 0 atom stereocenters. The van der Waals surface area contributed by atoms with Gasteiger partial charge in [0, 0.05) is 20.8 Å². The molecule has 0 aromatic carbocycles. The number of carbonyl (C=O) groups is 1. The van der Waals surface area contributed by atoms with E-state index < -0.39 is 11.8 Å². The first-order chi connectivity index (χ1) is 8.03. The van der Waals surface area contributed by atoms with Crippen LogP contribution in [0.4, 0.5) is 0 Å². The number of hydrogen-bond acceptors (Lipinski definition) is 4. The number of carboxylic acids is 1. The first kappa shape index (κ1) is 12.8. The lowest BCUT2D eigenvalue weighted by Crippen LogP contribution is -2.66. The van der Waals surface area contributed by atoms with Gasteiger partial charge in [-0.25, -0.2) is 0 Å². The van der Waals surface area contributed by atoms with E-state index in [-0.39, 0.29) is 11.8 Å². The monoisotopic (exact) mass is 243 g/mol. The average molecular weight is 243 g/mol. The Labute approximate surface area is 102 Å². The normalized spacial score (nSPS) is 26.0. The van der Waals surface area contributed by atoms with Crippen molar-refractivity contribution < 1.29 is 19.4 Å². The molecule has 1 N–H and O–H groups in total. The van der Waals surface area contributed by atoms with Crippen LogP contribution < -0.4 is 0 Å². The van der Waals surface area contributed by atoms with Crippen molar-refractivity contribution in [2.24, 2.45) is 5.41 Å². The smallest absolute Gasteiger partial charge is 0.303 e. The standard InChI is InChI=1S/C12H21NO4/c1-16-12(17-2)8-13(9-12)7-11(4-3-5-11)6-10(14)15/h3-9H2,1-2H3,(H,14,15). The van der Waals surface area contributed by atoms with E-state index in [1.165, 1.54) is 0 Å². The fraction of sp³-hybridized carbons (Fsp3) is 0.917. The van der Waals surface area contributed by atoms with Gasteiger partial charge in [-0.3, -0.25) is 9.69 Å². The summed E-state index contributed by atoms with van der Waals surface area (Å²) < 4.78 is 10.6. The maximum atomic E-state index is 10.9. The summed E-state index contributed by atoms with van der Waals surface area (Å²) in [4.78, 5) is 13.1. The number of nitrogens with zero attached hydrogens (tertiary/aromatic N) is 1. The van der Waals surface area contributed by atoms with Gasteiger partial charge in [0.15, 0.2) is 5.79 Å². The predicted octanol–water partition coefficient (Wildman–Crippen LogP) is 0.936. The maximum Gasteiger partial charge on any atom is 0.303 e. The number of rotatable bonds is 6. The summed E-state index contributed by atoms with van der Waals surface area (Å²) >= 11 is 0. The summed E-state index contributed by atoms with van der Waals surface area (Å²) in [7, 11) is 3.30. The zero-order valence-electron chi connectivity index (χ0n) is 10.6. The lowest BCUT2D eigenvalue weighted by atomic mass is 9.66. The Hall–Kier alpha value is -0.650. The zero-order valence-corrected chi connectivity index (χ0v) is 10.6. The Balaban J connectivity index is 1.84. The average Bonchev–Trinajstić information content (AvgIpc) is 2.18. The summed E-state index contributed by atoms with van der Waals surface area (Å²) in [6.07, 6.45) is 3.50. The van der Waals surface area contributed by atoms with Gasteiger partial charge < -0.3 is 14.6 Å². The lowest BCUT2D eigenvalue weighted by molar-refractivity contribution is -0.280. The van der Waals surface area contributed by atoms with Crippen LogP contribution in [-0.4, -0.2) is 55.6 Å². The molecule has 0 aromatic rings. The molecule has 1 aliphatic carbocycles. The Kier molecular flexibility index (Phi) is 3.43. The molecule has 1 heterocycles. The van der Waals surface area contributed by atoms with E-state index in [1.54, 1.807) is 14.2 Å². The lowest BCUT2D eigenvalue weighted by Gasteiger charge is -2.53. The largest absolute Gasteiger partial charge is 0.481 e. The van der Waals surface area contributed by atoms with Crippen molar-refractivity contribution in [2.75, 3.05) is 33.9 Å². The SMILES string of the molecule is COC1(OC)CN(CC2(CC(=O)O)CCC2)C1. The number of hydrogen-bond donors (Lipinski definition) is 1. The Bertz CT molecular complexity index is 289. The topological polar surface area (TPSA) is 59.0 Å². The molecule has 0 bridgehead atoms. The quantitative estimate of drug-likeness (QED) is 0.703. The van der Waals surface area contributed by atoms with Crippen molar-refractivity contribution in [1.29, 1.82) is 0 Å². The van der Waals surface area contributed by atoms with Gasteiger partial charge >= 0.3 is 5.97 Å². The van der Waals surface area contributed by atoms with E-state index in [1.807, 2.05) is 0 Å². The van der Waals surface area contributed by atoms with Gasteiger partial charge in [-0.05, 0) is 18.3 Å². The molecule has 1 saturated heterocycles. The Morgan fingerprint density at radius 3 is 2.24 bits per heavy atom. The minimum atomic E-state index is -0.685. The molecule has 5 nitrogen and oxygen atoms in total. The fourth-order valence-corrected chi connectivity index (χ4v) is 2.95. The highest BCUT2D eigenvalue weighted by molar-refractivity contribution is 5.68. The summed E-state index contributed by atoms with van der Waals surface area (Å²) in [6.45, 7) is 2.33. The van der Waals surface area contributed by atoms with Crippen molar-refractivity contribution in [1.82, 2.24) is 4.90 Å². The molecule has 98 valence electrons. The predicted molar refractivity (Wildman–Crippen MR) is 61.7 cm³/mol. The van der Waals surface area contributed by atoms with Crippen LogP contribution in [0.3, 0.4) is 0 Å². The fourth-order valence-electron chi connectivity index (χ4n) is 2.95. The molecule has 1 saturated carbocycles. The van der Waals surface area contributed by atoms with Crippen molar-refractivity contribution in [3.05, 3.63) is 0 Å². The molecule has 0 amide bonds. The molecule has 0 unspecified atom stereocenters. The third kappa shape index (κ3) is 2.46. The summed E-state index contributed by atoms with van der Waals surface area (Å²) in [5.41, 5.74) is -0.000520. The third-order valence-electron chi connectivity index (χ3n) is 4.17. The zero-order chi connectivity index (χ0) is 12.5. The van der Waals surface area contributed by atoms with Crippen molar-refractivity contribution >= 4 is 5.97 Å². The van der Waals surface area contributed by atoms with Crippen LogP contribution in [0.15, 0.2) is 0 Å². The second kappa shape index (κ2) is 4.55. The van der Waals surface area contributed by atoms with Gasteiger partial charge in [0.1, 0.15) is 0 Å². The van der Waals surface area contributed by atoms with Crippen molar-refractivity contribution in [3.8, 4) is 0 Å². The molecular formula is C12H21NO4. The van der Waals surface area contributed by atoms with Crippen LogP contribution in [0, 0.1) is 5.41 Å². The van der Waals surface area contributed by atoms with Crippen LogP contribution in [0.25, 0.3) is 0 Å². The number of carboxylic acid groups (broad SMARTS) is 1. The Morgan fingerprint density at radius 1 is 1.29 bits per heavy atom. The Morgan fingerprint density at radius 2 is 1.88 bits per heavy atom. The number of likely N-dealkylation sites (tertiary alicyclic amines) is 1. The summed E-state index contributed by atoms with van der Waals surface area (Å²) in [6, 6.07) is 0. The van der Waals surface area contributed by atoms with Crippen molar-refractivity contribution in [2.45, 2.75) is 31.5 Å². The number of ether oxygens (including phenoxy) is 2.